The van der Waals surface area contributed by atoms with Crippen LogP contribution in [0, 0.1) is 0 Å². The second-order valence-electron chi connectivity index (χ2n) is 5.80. The first-order valence-electron chi connectivity index (χ1n) is 7.55. The Morgan fingerprint density at radius 3 is 2.45 bits per heavy atom. The summed E-state index contributed by atoms with van der Waals surface area (Å²) < 4.78 is 0. The van der Waals surface area contributed by atoms with Gasteiger partial charge in [0.15, 0.2) is 0 Å². The maximum atomic E-state index is 12.4. The van der Waals surface area contributed by atoms with Gasteiger partial charge < -0.3 is 26.4 Å². The first kappa shape index (κ1) is 18.4. The highest BCUT2D eigenvalue weighted by Gasteiger charge is 2.36. The molecule has 126 valence electrons. The van der Waals surface area contributed by atoms with Crippen LogP contribution in [-0.4, -0.2) is 65.0 Å². The monoisotopic (exact) mass is 314 g/mol. The fourth-order valence-electron chi connectivity index (χ4n) is 2.34. The van der Waals surface area contributed by atoms with Crippen LogP contribution in [0.3, 0.4) is 0 Å². The molecule has 8 heteroatoms. The number of amides is 3. The van der Waals surface area contributed by atoms with Crippen molar-refractivity contribution >= 4 is 17.7 Å². The predicted octanol–water partition coefficient (Wildman–Crippen LogP) is -1.67. The molecule has 3 amide bonds. The van der Waals surface area contributed by atoms with Crippen LogP contribution in [0.5, 0.6) is 0 Å². The van der Waals surface area contributed by atoms with Crippen LogP contribution in [0.25, 0.3) is 0 Å². The van der Waals surface area contributed by atoms with Crippen LogP contribution in [0.15, 0.2) is 0 Å². The zero-order valence-electron chi connectivity index (χ0n) is 13.3. The van der Waals surface area contributed by atoms with E-state index in [1.165, 1.54) is 11.8 Å². The lowest BCUT2D eigenvalue weighted by Crippen LogP contribution is -2.55. The molecule has 0 aromatic rings. The molecule has 0 bridgehead atoms. The van der Waals surface area contributed by atoms with E-state index in [-0.39, 0.29) is 24.5 Å². The summed E-state index contributed by atoms with van der Waals surface area (Å²) in [7, 11) is 0. The molecule has 5 N–H and O–H groups in total. The number of aliphatic hydroxyl groups is 1. The highest BCUT2D eigenvalue weighted by Crippen LogP contribution is 2.18. The lowest BCUT2D eigenvalue weighted by Gasteiger charge is -2.28. The van der Waals surface area contributed by atoms with Gasteiger partial charge in [-0.15, -0.1) is 0 Å². The zero-order chi connectivity index (χ0) is 16.9. The molecular formula is C14H26N4O4. The normalized spacial score (nSPS) is 21.9. The van der Waals surface area contributed by atoms with Crippen LogP contribution in [0.4, 0.5) is 0 Å². The third-order valence-electron chi connectivity index (χ3n) is 3.64. The Balaban J connectivity index is 2.67. The molecule has 0 aromatic heterocycles. The summed E-state index contributed by atoms with van der Waals surface area (Å²) in [6.45, 7) is 5.11. The number of nitrogens with one attached hydrogen (secondary N) is 2. The van der Waals surface area contributed by atoms with Crippen molar-refractivity contribution in [2.75, 3.05) is 13.2 Å². The number of aliphatic hydroxyl groups excluding tert-OH is 1. The Hall–Kier alpha value is -1.67. The largest absolute Gasteiger partial charge is 0.394 e. The number of nitrogens with two attached hydrogens (primary N) is 1. The minimum Gasteiger partial charge on any atom is -0.394 e. The highest BCUT2D eigenvalue weighted by molar-refractivity contribution is 5.93. The summed E-state index contributed by atoms with van der Waals surface area (Å²) in [5, 5.41) is 14.2. The van der Waals surface area contributed by atoms with Gasteiger partial charge in [0, 0.05) is 12.6 Å². The molecule has 1 heterocycles. The number of carbonyl (C=O) groups is 3. The molecule has 0 aliphatic carbocycles. The average molecular weight is 314 g/mol. The average Bonchev–Trinajstić information content (AvgIpc) is 2.95. The van der Waals surface area contributed by atoms with Crippen molar-refractivity contribution in [3.05, 3.63) is 0 Å². The third kappa shape index (κ3) is 4.67. The maximum Gasteiger partial charge on any atom is 0.245 e. The Labute approximate surface area is 130 Å². The fourth-order valence-corrected chi connectivity index (χ4v) is 2.34. The van der Waals surface area contributed by atoms with Crippen molar-refractivity contribution in [1.82, 2.24) is 15.5 Å². The predicted molar refractivity (Wildman–Crippen MR) is 80.7 cm³/mol. The van der Waals surface area contributed by atoms with Gasteiger partial charge >= 0.3 is 0 Å². The first-order valence-corrected chi connectivity index (χ1v) is 7.55. The Morgan fingerprint density at radius 2 is 1.91 bits per heavy atom. The molecule has 1 fully saturated rings. The van der Waals surface area contributed by atoms with Crippen LogP contribution >= 0.6 is 0 Å². The molecular weight excluding hydrogens is 288 g/mol. The number of carbonyl (C=O) groups excluding carboxylic acids is 3. The summed E-state index contributed by atoms with van der Waals surface area (Å²) in [5.74, 6) is -0.989. The SMILES string of the molecule is CC(CO)NC(=O)C1CCCN1C(=O)C(C)NC(=O)C(C)N. The van der Waals surface area contributed by atoms with Crippen molar-refractivity contribution < 1.29 is 19.5 Å². The molecule has 0 aromatic carbocycles. The van der Waals surface area contributed by atoms with Gasteiger partial charge in [0.1, 0.15) is 12.1 Å². The van der Waals surface area contributed by atoms with Crippen molar-refractivity contribution in [3.8, 4) is 0 Å². The van der Waals surface area contributed by atoms with E-state index in [1.807, 2.05) is 0 Å². The van der Waals surface area contributed by atoms with E-state index in [2.05, 4.69) is 10.6 Å². The number of nitrogens with zero attached hydrogens (tertiary/aromatic N) is 1. The number of likely N-dealkylation sites (tertiary alicyclic amines) is 1. The highest BCUT2D eigenvalue weighted by atomic mass is 16.3. The first-order chi connectivity index (χ1) is 10.3. The van der Waals surface area contributed by atoms with Crippen LogP contribution in [0.1, 0.15) is 33.6 Å². The Bertz CT molecular complexity index is 427. The van der Waals surface area contributed by atoms with Crippen molar-refractivity contribution in [1.29, 1.82) is 0 Å². The molecule has 1 rings (SSSR count). The quantitative estimate of drug-likeness (QED) is 0.466. The summed E-state index contributed by atoms with van der Waals surface area (Å²) in [6, 6.07) is -2.35. The van der Waals surface area contributed by atoms with E-state index in [0.29, 0.717) is 13.0 Å². The Kier molecular flexibility index (Phi) is 6.76. The summed E-state index contributed by atoms with van der Waals surface area (Å²) >= 11 is 0. The van der Waals surface area contributed by atoms with Gasteiger partial charge in [-0.2, -0.15) is 0 Å². The van der Waals surface area contributed by atoms with Gasteiger partial charge in [-0.3, -0.25) is 14.4 Å². The van der Waals surface area contributed by atoms with Gasteiger partial charge in [-0.25, -0.2) is 0 Å². The topological polar surface area (TPSA) is 125 Å². The fraction of sp³-hybridized carbons (Fsp3) is 0.786. The molecule has 0 radical (unpaired) electrons. The molecule has 4 unspecified atom stereocenters. The molecule has 0 spiro atoms. The lowest BCUT2D eigenvalue weighted by molar-refractivity contribution is -0.141. The second kappa shape index (κ2) is 8.09. The second-order valence-corrected chi connectivity index (χ2v) is 5.80. The number of hydrogen-bond donors (Lipinski definition) is 4. The summed E-state index contributed by atoms with van der Waals surface area (Å²) in [4.78, 5) is 37.6. The molecule has 4 atom stereocenters. The van der Waals surface area contributed by atoms with E-state index in [4.69, 9.17) is 10.8 Å². The molecule has 0 saturated carbocycles. The number of hydrogen-bond acceptors (Lipinski definition) is 5. The van der Waals surface area contributed by atoms with Crippen LogP contribution in [-0.2, 0) is 14.4 Å². The van der Waals surface area contributed by atoms with Crippen molar-refractivity contribution in [2.24, 2.45) is 5.73 Å². The summed E-state index contributed by atoms with van der Waals surface area (Å²) in [5.41, 5.74) is 5.46. The number of rotatable bonds is 6. The van der Waals surface area contributed by atoms with E-state index in [0.717, 1.165) is 6.42 Å². The van der Waals surface area contributed by atoms with E-state index < -0.39 is 24.0 Å². The van der Waals surface area contributed by atoms with Crippen LogP contribution < -0.4 is 16.4 Å². The molecule has 1 aliphatic heterocycles. The summed E-state index contributed by atoms with van der Waals surface area (Å²) in [6.07, 6.45) is 1.30. The lowest BCUT2D eigenvalue weighted by atomic mass is 10.1. The third-order valence-corrected chi connectivity index (χ3v) is 3.64. The molecule has 22 heavy (non-hydrogen) atoms. The van der Waals surface area contributed by atoms with Crippen molar-refractivity contribution in [3.63, 3.8) is 0 Å². The van der Waals surface area contributed by atoms with E-state index in [9.17, 15) is 14.4 Å². The minimum absolute atomic E-state index is 0.159. The van der Waals surface area contributed by atoms with Gasteiger partial charge in [-0.05, 0) is 33.6 Å². The maximum absolute atomic E-state index is 12.4. The van der Waals surface area contributed by atoms with Gasteiger partial charge in [0.25, 0.3) is 0 Å². The van der Waals surface area contributed by atoms with Gasteiger partial charge in [0.2, 0.25) is 17.7 Å². The van der Waals surface area contributed by atoms with Crippen LogP contribution in [0.2, 0.25) is 0 Å². The van der Waals surface area contributed by atoms with E-state index in [1.54, 1.807) is 13.8 Å². The van der Waals surface area contributed by atoms with Gasteiger partial charge in [0.05, 0.1) is 12.6 Å². The van der Waals surface area contributed by atoms with Crippen molar-refractivity contribution in [2.45, 2.75) is 57.8 Å². The Morgan fingerprint density at radius 1 is 1.27 bits per heavy atom. The minimum atomic E-state index is -0.734. The molecule has 1 saturated heterocycles. The molecule has 8 nitrogen and oxygen atoms in total. The standard InChI is InChI=1S/C14H26N4O4/c1-8(7-19)16-13(21)11-5-4-6-18(11)14(22)10(3)17-12(20)9(2)15/h8-11,19H,4-7,15H2,1-3H3,(H,16,21)(H,17,20). The van der Waals surface area contributed by atoms with E-state index >= 15 is 0 Å². The zero-order valence-corrected chi connectivity index (χ0v) is 13.3. The molecule has 1 aliphatic rings. The smallest absolute Gasteiger partial charge is 0.245 e. The van der Waals surface area contributed by atoms with Gasteiger partial charge in [-0.1, -0.05) is 0 Å².